The smallest absolute Gasteiger partial charge is 0.230 e. The number of nitrogens with zero attached hydrogens (tertiary/aromatic N) is 3. The fourth-order valence-corrected chi connectivity index (χ4v) is 4.33. The SMILES string of the molecule is CC1CCCC(NC(=O)CSc2nnc3c(n2)[nH]c2ccccc23)C1C. The van der Waals surface area contributed by atoms with Gasteiger partial charge in [0.05, 0.1) is 5.75 Å². The lowest BCUT2D eigenvalue weighted by Gasteiger charge is -2.34. The Bertz CT molecular complexity index is 940. The molecule has 2 N–H and O–H groups in total. The number of thioether (sulfide) groups is 1. The van der Waals surface area contributed by atoms with E-state index in [1.54, 1.807) is 0 Å². The molecular weight excluding hydrogens is 346 g/mol. The number of aromatic amines is 1. The largest absolute Gasteiger partial charge is 0.352 e. The van der Waals surface area contributed by atoms with E-state index < -0.39 is 0 Å². The number of para-hydroxylation sites is 1. The topological polar surface area (TPSA) is 83.6 Å². The number of H-pyrrole nitrogens is 1. The van der Waals surface area contributed by atoms with Crippen molar-refractivity contribution >= 4 is 39.7 Å². The van der Waals surface area contributed by atoms with Gasteiger partial charge in [-0.25, -0.2) is 4.98 Å². The summed E-state index contributed by atoms with van der Waals surface area (Å²) in [6.45, 7) is 4.51. The number of aromatic nitrogens is 4. The van der Waals surface area contributed by atoms with Crippen LogP contribution < -0.4 is 5.32 Å². The van der Waals surface area contributed by atoms with Crippen molar-refractivity contribution in [3.8, 4) is 0 Å². The highest BCUT2D eigenvalue weighted by Crippen LogP contribution is 2.29. The van der Waals surface area contributed by atoms with E-state index in [-0.39, 0.29) is 11.9 Å². The highest BCUT2D eigenvalue weighted by Gasteiger charge is 2.28. The van der Waals surface area contributed by atoms with Crippen LogP contribution in [0.15, 0.2) is 29.4 Å². The Morgan fingerprint density at radius 2 is 2.12 bits per heavy atom. The maximum atomic E-state index is 12.3. The number of rotatable bonds is 4. The minimum absolute atomic E-state index is 0.0429. The third-order valence-corrected chi connectivity index (χ3v) is 6.33. The van der Waals surface area contributed by atoms with Gasteiger partial charge in [-0.05, 0) is 24.3 Å². The molecule has 2 aromatic heterocycles. The van der Waals surface area contributed by atoms with Crippen LogP contribution in [0, 0.1) is 11.8 Å². The van der Waals surface area contributed by atoms with Crippen LogP contribution in [0.5, 0.6) is 0 Å². The fourth-order valence-electron chi connectivity index (χ4n) is 3.73. The molecule has 4 rings (SSSR count). The zero-order valence-corrected chi connectivity index (χ0v) is 15.8. The first-order valence-electron chi connectivity index (χ1n) is 9.15. The van der Waals surface area contributed by atoms with Gasteiger partial charge in [-0.15, -0.1) is 10.2 Å². The molecule has 7 heteroatoms. The summed E-state index contributed by atoms with van der Waals surface area (Å²) in [7, 11) is 0. The lowest BCUT2D eigenvalue weighted by Crippen LogP contribution is -2.44. The van der Waals surface area contributed by atoms with E-state index >= 15 is 0 Å². The molecule has 0 bridgehead atoms. The average molecular weight is 369 g/mol. The molecule has 0 saturated heterocycles. The molecule has 1 aliphatic carbocycles. The molecule has 1 saturated carbocycles. The second-order valence-electron chi connectivity index (χ2n) is 7.19. The van der Waals surface area contributed by atoms with Crippen molar-refractivity contribution < 1.29 is 4.79 Å². The molecule has 1 aromatic carbocycles. The lowest BCUT2D eigenvalue weighted by molar-refractivity contribution is -0.120. The normalized spacial score (nSPS) is 23.4. The van der Waals surface area contributed by atoms with Crippen LogP contribution in [0.4, 0.5) is 0 Å². The first-order chi connectivity index (χ1) is 12.6. The van der Waals surface area contributed by atoms with E-state index in [2.05, 4.69) is 39.3 Å². The molecule has 0 spiro atoms. The second kappa shape index (κ2) is 7.23. The van der Waals surface area contributed by atoms with Crippen LogP contribution >= 0.6 is 11.8 Å². The summed E-state index contributed by atoms with van der Waals surface area (Å²) in [5.41, 5.74) is 2.46. The quantitative estimate of drug-likeness (QED) is 0.687. The van der Waals surface area contributed by atoms with Crippen molar-refractivity contribution in [2.75, 3.05) is 5.75 Å². The zero-order chi connectivity index (χ0) is 18.1. The lowest BCUT2D eigenvalue weighted by atomic mass is 9.78. The predicted octanol–water partition coefficient (Wildman–Crippen LogP) is 3.54. The van der Waals surface area contributed by atoms with Crippen LogP contribution in [0.1, 0.15) is 33.1 Å². The molecule has 3 atom stereocenters. The number of benzene rings is 1. The Morgan fingerprint density at radius 3 is 3.00 bits per heavy atom. The van der Waals surface area contributed by atoms with E-state index in [1.807, 2.05) is 24.3 Å². The van der Waals surface area contributed by atoms with Gasteiger partial charge < -0.3 is 10.3 Å². The van der Waals surface area contributed by atoms with Crippen molar-refractivity contribution in [2.24, 2.45) is 11.8 Å². The third kappa shape index (κ3) is 3.40. The molecule has 136 valence electrons. The molecule has 1 amide bonds. The van der Waals surface area contributed by atoms with Crippen molar-refractivity contribution in [3.63, 3.8) is 0 Å². The van der Waals surface area contributed by atoms with Gasteiger partial charge in [0.2, 0.25) is 11.1 Å². The zero-order valence-electron chi connectivity index (χ0n) is 15.0. The molecule has 3 unspecified atom stereocenters. The number of nitrogens with one attached hydrogen (secondary N) is 2. The minimum atomic E-state index is 0.0429. The molecule has 1 fully saturated rings. The van der Waals surface area contributed by atoms with Crippen molar-refractivity contribution in [1.82, 2.24) is 25.5 Å². The summed E-state index contributed by atoms with van der Waals surface area (Å²) in [6.07, 6.45) is 3.51. The van der Waals surface area contributed by atoms with Gasteiger partial charge in [0.15, 0.2) is 5.65 Å². The number of hydrogen-bond acceptors (Lipinski definition) is 5. The molecular formula is C19H23N5OS. The maximum absolute atomic E-state index is 12.3. The van der Waals surface area contributed by atoms with Crippen molar-refractivity contribution in [2.45, 2.75) is 44.3 Å². The van der Waals surface area contributed by atoms with Crippen molar-refractivity contribution in [1.29, 1.82) is 0 Å². The Morgan fingerprint density at radius 1 is 1.27 bits per heavy atom. The molecule has 0 aliphatic heterocycles. The summed E-state index contributed by atoms with van der Waals surface area (Å²) in [6, 6.07) is 8.21. The highest BCUT2D eigenvalue weighted by molar-refractivity contribution is 7.99. The van der Waals surface area contributed by atoms with Gasteiger partial charge in [-0.2, -0.15) is 0 Å². The molecule has 3 aromatic rings. The Labute approximate surface area is 156 Å². The van der Waals surface area contributed by atoms with E-state index in [4.69, 9.17) is 0 Å². The molecule has 1 aliphatic rings. The summed E-state index contributed by atoms with van der Waals surface area (Å²) in [4.78, 5) is 20.1. The standard InChI is InChI=1S/C19H23N5OS/c1-11-6-5-9-14(12(11)2)20-16(25)10-26-19-22-18-17(23-24-19)13-7-3-4-8-15(13)21-18/h3-4,7-8,11-12,14H,5-6,9-10H2,1-2H3,(H,20,25)(H,21,22,24). The fraction of sp³-hybridized carbons (Fsp3) is 0.474. The van der Waals surface area contributed by atoms with Gasteiger partial charge in [-0.3, -0.25) is 4.79 Å². The minimum Gasteiger partial charge on any atom is -0.352 e. The van der Waals surface area contributed by atoms with Gasteiger partial charge in [0.25, 0.3) is 0 Å². The Kier molecular flexibility index (Phi) is 4.80. The van der Waals surface area contributed by atoms with Crippen LogP contribution in [0.25, 0.3) is 22.1 Å². The van der Waals surface area contributed by atoms with Gasteiger partial charge >= 0.3 is 0 Å². The Balaban J connectivity index is 1.41. The summed E-state index contributed by atoms with van der Waals surface area (Å²) in [5.74, 6) is 1.55. The van der Waals surface area contributed by atoms with E-state index in [9.17, 15) is 4.79 Å². The van der Waals surface area contributed by atoms with E-state index in [1.165, 1.54) is 24.6 Å². The van der Waals surface area contributed by atoms with Gasteiger partial charge in [-0.1, -0.05) is 56.7 Å². The first-order valence-corrected chi connectivity index (χ1v) is 10.1. The monoisotopic (exact) mass is 369 g/mol. The predicted molar refractivity (Wildman–Crippen MR) is 104 cm³/mol. The Hall–Kier alpha value is -2.15. The summed E-state index contributed by atoms with van der Waals surface area (Å²) < 4.78 is 0. The molecule has 6 nitrogen and oxygen atoms in total. The van der Waals surface area contributed by atoms with Crippen LogP contribution in [-0.4, -0.2) is 37.9 Å². The first kappa shape index (κ1) is 17.3. The summed E-state index contributed by atoms with van der Waals surface area (Å²) >= 11 is 1.33. The second-order valence-corrected chi connectivity index (χ2v) is 8.13. The van der Waals surface area contributed by atoms with Crippen LogP contribution in [-0.2, 0) is 4.79 Å². The van der Waals surface area contributed by atoms with Crippen LogP contribution in [0.3, 0.4) is 0 Å². The van der Waals surface area contributed by atoms with E-state index in [0.29, 0.717) is 28.4 Å². The summed E-state index contributed by atoms with van der Waals surface area (Å²) in [5, 5.41) is 13.2. The number of amides is 1. The molecule has 2 heterocycles. The van der Waals surface area contributed by atoms with Gasteiger partial charge in [0.1, 0.15) is 5.52 Å². The number of carbonyl (C=O) groups is 1. The number of carbonyl (C=O) groups excluding carboxylic acids is 1. The maximum Gasteiger partial charge on any atom is 0.230 e. The average Bonchev–Trinajstić information content (AvgIpc) is 3.01. The third-order valence-electron chi connectivity index (χ3n) is 5.49. The van der Waals surface area contributed by atoms with E-state index in [0.717, 1.165) is 22.8 Å². The number of hydrogen-bond donors (Lipinski definition) is 2. The molecule has 0 radical (unpaired) electrons. The van der Waals surface area contributed by atoms with Crippen LogP contribution in [0.2, 0.25) is 0 Å². The molecule has 26 heavy (non-hydrogen) atoms. The highest BCUT2D eigenvalue weighted by atomic mass is 32.2. The number of fused-ring (bicyclic) bond motifs is 3. The van der Waals surface area contributed by atoms with Gasteiger partial charge in [0, 0.05) is 16.9 Å². The van der Waals surface area contributed by atoms with Crippen molar-refractivity contribution in [3.05, 3.63) is 24.3 Å².